The van der Waals surface area contributed by atoms with Crippen molar-refractivity contribution in [2.75, 3.05) is 47.8 Å². The van der Waals surface area contributed by atoms with Gasteiger partial charge in [-0.25, -0.2) is 9.97 Å². The zero-order valence-corrected chi connectivity index (χ0v) is 20.6. The number of alkyl halides is 3. The number of piperazine rings is 1. The van der Waals surface area contributed by atoms with E-state index in [4.69, 9.17) is 4.98 Å². The molecule has 0 bridgehead atoms. The molecule has 2 aromatic heterocycles. The van der Waals surface area contributed by atoms with E-state index in [2.05, 4.69) is 30.8 Å². The number of hydrogen-bond acceptors (Lipinski definition) is 8. The van der Waals surface area contributed by atoms with E-state index >= 15 is 0 Å². The zero-order chi connectivity index (χ0) is 25.6. The number of aromatic nitrogens is 3. The van der Waals surface area contributed by atoms with Gasteiger partial charge in [0, 0.05) is 56.9 Å². The number of hydrogen-bond donors (Lipinski definition) is 3. The molecule has 37 heavy (non-hydrogen) atoms. The smallest absolute Gasteiger partial charge is 0.367 e. The van der Waals surface area contributed by atoms with Crippen LogP contribution in [0.15, 0.2) is 18.5 Å². The molecule has 0 radical (unpaired) electrons. The monoisotopic (exact) mass is 516 g/mol. The Hall–Kier alpha value is -3.15. The molecule has 3 N–H and O–H groups in total. The van der Waals surface area contributed by atoms with Gasteiger partial charge >= 0.3 is 6.18 Å². The van der Waals surface area contributed by atoms with Crippen LogP contribution in [0.2, 0.25) is 0 Å². The van der Waals surface area contributed by atoms with Crippen LogP contribution in [0.25, 0.3) is 0 Å². The summed E-state index contributed by atoms with van der Waals surface area (Å²) >= 11 is 0. The number of rotatable bonds is 4. The Bertz CT molecular complexity index is 1180. The Morgan fingerprint density at radius 2 is 1.84 bits per heavy atom. The lowest BCUT2D eigenvalue weighted by Gasteiger charge is -2.44. The number of pyridine rings is 1. The molecule has 2 aromatic rings. The lowest BCUT2D eigenvalue weighted by molar-refractivity contribution is -0.137. The Kier molecular flexibility index (Phi) is 6.09. The first-order valence-corrected chi connectivity index (χ1v) is 13.1. The molecular weight excluding hydrogens is 485 g/mol. The molecule has 1 amide bonds. The van der Waals surface area contributed by atoms with Crippen LogP contribution < -0.4 is 25.8 Å². The largest absolute Gasteiger partial charge is 0.418 e. The molecule has 198 valence electrons. The summed E-state index contributed by atoms with van der Waals surface area (Å²) in [5.41, 5.74) is -0.437. The van der Waals surface area contributed by atoms with Gasteiger partial charge in [0.1, 0.15) is 17.2 Å². The Labute approximate surface area is 213 Å². The van der Waals surface area contributed by atoms with Crippen LogP contribution in [0.5, 0.6) is 0 Å². The number of nitrogens with zero attached hydrogens (tertiary/aromatic N) is 5. The van der Waals surface area contributed by atoms with Gasteiger partial charge in [0.05, 0.1) is 17.4 Å². The van der Waals surface area contributed by atoms with Gasteiger partial charge in [0.25, 0.3) is 0 Å². The van der Waals surface area contributed by atoms with Crippen LogP contribution in [0.4, 0.5) is 36.4 Å². The predicted molar refractivity (Wildman–Crippen MR) is 133 cm³/mol. The van der Waals surface area contributed by atoms with Gasteiger partial charge in [0.2, 0.25) is 11.9 Å². The van der Waals surface area contributed by atoms with Gasteiger partial charge in [-0.3, -0.25) is 4.79 Å². The van der Waals surface area contributed by atoms with Crippen LogP contribution in [-0.4, -0.2) is 65.2 Å². The van der Waals surface area contributed by atoms with E-state index in [1.807, 2.05) is 0 Å². The maximum absolute atomic E-state index is 14.0. The lowest BCUT2D eigenvalue weighted by Crippen LogP contribution is -2.63. The van der Waals surface area contributed by atoms with Crippen LogP contribution in [0.3, 0.4) is 0 Å². The molecule has 2 saturated heterocycles. The highest BCUT2D eigenvalue weighted by atomic mass is 19.4. The van der Waals surface area contributed by atoms with E-state index < -0.39 is 17.3 Å². The molecule has 4 aliphatic rings. The number of anilines is 4. The van der Waals surface area contributed by atoms with E-state index in [1.165, 1.54) is 6.20 Å². The second kappa shape index (κ2) is 9.30. The molecule has 1 aliphatic carbocycles. The fraction of sp³-hybridized carbons (Fsp3) is 0.600. The van der Waals surface area contributed by atoms with Crippen molar-refractivity contribution in [1.82, 2.24) is 25.6 Å². The normalized spacial score (nSPS) is 24.5. The molecule has 1 saturated carbocycles. The number of carbonyl (C=O) groups is 1. The van der Waals surface area contributed by atoms with E-state index in [9.17, 15) is 18.0 Å². The summed E-state index contributed by atoms with van der Waals surface area (Å²) in [5, 5.41) is 9.09. The fourth-order valence-electron chi connectivity index (χ4n) is 6.35. The van der Waals surface area contributed by atoms with Crippen LogP contribution in [0.1, 0.15) is 49.7 Å². The summed E-state index contributed by atoms with van der Waals surface area (Å²) in [6.45, 7) is 2.88. The van der Waals surface area contributed by atoms with E-state index in [0.29, 0.717) is 45.0 Å². The minimum Gasteiger partial charge on any atom is -0.367 e. The summed E-state index contributed by atoms with van der Waals surface area (Å²) in [7, 11) is 0. The highest BCUT2D eigenvalue weighted by Crippen LogP contribution is 2.46. The maximum atomic E-state index is 14.0. The van der Waals surface area contributed by atoms with Crippen LogP contribution in [0, 0.1) is 0 Å². The number of fused-ring (bicyclic) bond motifs is 1. The van der Waals surface area contributed by atoms with Gasteiger partial charge in [-0.2, -0.15) is 18.2 Å². The topological polar surface area (TPSA) is 98.3 Å². The number of halogens is 3. The van der Waals surface area contributed by atoms with Crippen molar-refractivity contribution < 1.29 is 18.0 Å². The van der Waals surface area contributed by atoms with Crippen molar-refractivity contribution in [3.8, 4) is 0 Å². The highest BCUT2D eigenvalue weighted by Gasteiger charge is 2.54. The molecule has 0 aromatic carbocycles. The summed E-state index contributed by atoms with van der Waals surface area (Å²) in [6.07, 6.45) is 4.82. The lowest BCUT2D eigenvalue weighted by atomic mass is 9.84. The molecule has 3 fully saturated rings. The summed E-state index contributed by atoms with van der Waals surface area (Å²) in [6, 6.07) is 1.24. The minimum atomic E-state index is -4.53. The molecule has 1 atom stereocenters. The standard InChI is InChI=1S/C25H31F3N8O/c26-25(27,28)18-12-20(31-15-19(18)35-10-8-29-9-11-35)33-23-32-14-16-13-24(6-3-7-30-22(24)37)36(21(16)34-23)17-4-1-2-5-17/h12,14-15,17,29H,1-11,13H2,(H,30,37)(H,31,32,33,34). The van der Waals surface area contributed by atoms with Crippen LogP contribution >= 0.6 is 0 Å². The molecule has 6 rings (SSSR count). The van der Waals surface area contributed by atoms with E-state index in [0.717, 1.165) is 50.2 Å². The molecule has 1 spiro atoms. The van der Waals surface area contributed by atoms with Crippen molar-refractivity contribution in [2.24, 2.45) is 0 Å². The van der Waals surface area contributed by atoms with Crippen molar-refractivity contribution >= 4 is 29.2 Å². The molecule has 12 heteroatoms. The van der Waals surface area contributed by atoms with Gasteiger partial charge < -0.3 is 25.8 Å². The third-order valence-electron chi connectivity index (χ3n) is 8.06. The van der Waals surface area contributed by atoms with Crippen molar-refractivity contribution in [3.63, 3.8) is 0 Å². The van der Waals surface area contributed by atoms with Gasteiger partial charge in [0.15, 0.2) is 0 Å². The summed E-state index contributed by atoms with van der Waals surface area (Å²) in [4.78, 5) is 30.5. The first-order chi connectivity index (χ1) is 17.8. The Balaban J connectivity index is 1.32. The summed E-state index contributed by atoms with van der Waals surface area (Å²) < 4.78 is 42.0. The fourth-order valence-corrected chi connectivity index (χ4v) is 6.35. The number of amides is 1. The van der Waals surface area contributed by atoms with Crippen molar-refractivity contribution in [1.29, 1.82) is 0 Å². The van der Waals surface area contributed by atoms with Crippen molar-refractivity contribution in [2.45, 2.75) is 62.7 Å². The number of carbonyl (C=O) groups excluding carboxylic acids is 1. The number of nitrogens with one attached hydrogen (secondary N) is 3. The van der Waals surface area contributed by atoms with Crippen molar-refractivity contribution in [3.05, 3.63) is 29.6 Å². The predicted octanol–water partition coefficient (Wildman–Crippen LogP) is 3.00. The third-order valence-corrected chi connectivity index (χ3v) is 8.06. The second-order valence-electron chi connectivity index (χ2n) is 10.4. The minimum absolute atomic E-state index is 0.0261. The van der Waals surface area contributed by atoms with Gasteiger partial charge in [-0.15, -0.1) is 0 Å². The Morgan fingerprint density at radius 3 is 2.57 bits per heavy atom. The number of piperidine rings is 1. The van der Waals surface area contributed by atoms with E-state index in [1.54, 1.807) is 11.1 Å². The van der Waals surface area contributed by atoms with Crippen LogP contribution in [-0.2, 0) is 17.4 Å². The SMILES string of the molecule is O=C1NCCCC12Cc1cnc(Nc3cc(C(F)(F)F)c(N4CCNCC4)cn3)nc1N2C1CCCC1. The van der Waals surface area contributed by atoms with E-state index in [-0.39, 0.29) is 29.4 Å². The molecule has 5 heterocycles. The molecular formula is C25H31F3N8O. The maximum Gasteiger partial charge on any atom is 0.418 e. The second-order valence-corrected chi connectivity index (χ2v) is 10.4. The third kappa shape index (κ3) is 4.34. The Morgan fingerprint density at radius 1 is 1.05 bits per heavy atom. The first kappa shape index (κ1) is 24.2. The summed E-state index contributed by atoms with van der Waals surface area (Å²) in [5.74, 6) is 0.931. The zero-order valence-electron chi connectivity index (χ0n) is 20.6. The van der Waals surface area contributed by atoms with Gasteiger partial charge in [-0.1, -0.05) is 12.8 Å². The van der Waals surface area contributed by atoms with Gasteiger partial charge in [-0.05, 0) is 31.7 Å². The molecule has 9 nitrogen and oxygen atoms in total. The molecule has 3 aliphatic heterocycles. The quantitative estimate of drug-likeness (QED) is 0.571. The highest BCUT2D eigenvalue weighted by molar-refractivity contribution is 5.93. The average Bonchev–Trinajstić information content (AvgIpc) is 3.52. The average molecular weight is 517 g/mol. The molecule has 1 unspecified atom stereocenters. The first-order valence-electron chi connectivity index (χ1n) is 13.1.